The van der Waals surface area contributed by atoms with E-state index in [1.54, 1.807) is 12.1 Å². The smallest absolute Gasteiger partial charge is 0.255 e. The summed E-state index contributed by atoms with van der Waals surface area (Å²) in [4.78, 5) is 12.5. The summed E-state index contributed by atoms with van der Waals surface area (Å²) in [7, 11) is -3.72. The number of amides is 1. The first kappa shape index (κ1) is 20.1. The summed E-state index contributed by atoms with van der Waals surface area (Å²) in [6.07, 6.45) is 0.0735. The van der Waals surface area contributed by atoms with Crippen molar-refractivity contribution >= 4 is 37.5 Å². The first-order valence-corrected chi connectivity index (χ1v) is 10.6. The van der Waals surface area contributed by atoms with Crippen molar-refractivity contribution in [1.82, 2.24) is 4.72 Å². The molecule has 0 bridgehead atoms. The fraction of sp³-hybridized carbons (Fsp3) is 0.222. The van der Waals surface area contributed by atoms with Crippen molar-refractivity contribution in [3.8, 4) is 17.6 Å². The molecule has 3 rings (SSSR count). The first-order chi connectivity index (χ1) is 13.4. The van der Waals surface area contributed by atoms with Crippen LogP contribution in [0.15, 0.2) is 45.8 Å². The molecule has 2 N–H and O–H groups in total. The van der Waals surface area contributed by atoms with Gasteiger partial charge in [0.2, 0.25) is 10.0 Å². The largest absolute Gasteiger partial charge is 0.486 e. The summed E-state index contributed by atoms with van der Waals surface area (Å²) in [6.45, 7) is 0.922. The molecule has 1 amide bonds. The molecule has 28 heavy (non-hydrogen) atoms. The number of hydrogen-bond donors (Lipinski definition) is 2. The highest BCUT2D eigenvalue weighted by atomic mass is 79.9. The maximum atomic E-state index is 12.5. The molecule has 0 aliphatic carbocycles. The van der Waals surface area contributed by atoms with Crippen LogP contribution in [-0.2, 0) is 10.0 Å². The number of nitrogens with one attached hydrogen (secondary N) is 2. The number of sulfonamides is 1. The van der Waals surface area contributed by atoms with Gasteiger partial charge in [-0.25, -0.2) is 13.1 Å². The van der Waals surface area contributed by atoms with Gasteiger partial charge in [0.05, 0.1) is 16.7 Å². The van der Waals surface area contributed by atoms with Crippen LogP contribution < -0.4 is 19.5 Å². The summed E-state index contributed by atoms with van der Waals surface area (Å²) in [5.74, 6) is 0.725. The molecular weight excluding hydrogens is 450 g/mol. The second-order valence-electron chi connectivity index (χ2n) is 5.76. The zero-order valence-electron chi connectivity index (χ0n) is 14.6. The molecule has 0 spiro atoms. The molecule has 0 unspecified atom stereocenters. The van der Waals surface area contributed by atoms with Crippen LogP contribution in [0.2, 0.25) is 0 Å². The Morgan fingerprint density at radius 2 is 1.79 bits per heavy atom. The van der Waals surface area contributed by atoms with Crippen LogP contribution in [0.3, 0.4) is 0 Å². The number of rotatable bonds is 6. The van der Waals surface area contributed by atoms with E-state index >= 15 is 0 Å². The molecular formula is C18H16BrN3O5S. The van der Waals surface area contributed by atoms with Crippen molar-refractivity contribution in [3.05, 3.63) is 46.4 Å². The predicted octanol–water partition coefficient (Wildman–Crippen LogP) is 2.66. The van der Waals surface area contributed by atoms with Gasteiger partial charge >= 0.3 is 0 Å². The van der Waals surface area contributed by atoms with E-state index in [9.17, 15) is 13.2 Å². The van der Waals surface area contributed by atoms with E-state index in [2.05, 4.69) is 26.0 Å². The molecule has 10 heteroatoms. The minimum atomic E-state index is -3.72. The maximum absolute atomic E-state index is 12.5. The number of carbonyl (C=O) groups is 1. The Hall–Kier alpha value is -2.61. The molecule has 0 atom stereocenters. The van der Waals surface area contributed by atoms with E-state index in [0.29, 0.717) is 34.9 Å². The Morgan fingerprint density at radius 3 is 2.43 bits per heavy atom. The molecule has 8 nitrogen and oxygen atoms in total. The van der Waals surface area contributed by atoms with Crippen LogP contribution in [0.4, 0.5) is 5.69 Å². The summed E-state index contributed by atoms with van der Waals surface area (Å²) in [5.41, 5.74) is 0.793. The lowest BCUT2D eigenvalue weighted by molar-refractivity contribution is 0.102. The highest BCUT2D eigenvalue weighted by Crippen LogP contribution is 2.38. The van der Waals surface area contributed by atoms with E-state index in [-0.39, 0.29) is 23.4 Å². The van der Waals surface area contributed by atoms with Crippen molar-refractivity contribution in [3.63, 3.8) is 0 Å². The van der Waals surface area contributed by atoms with Crippen molar-refractivity contribution < 1.29 is 22.7 Å². The van der Waals surface area contributed by atoms with Gasteiger partial charge in [0, 0.05) is 35.1 Å². The average molecular weight is 466 g/mol. The molecule has 0 aromatic heterocycles. The molecule has 1 aliphatic rings. The predicted molar refractivity (Wildman–Crippen MR) is 105 cm³/mol. The lowest BCUT2D eigenvalue weighted by Crippen LogP contribution is -2.24. The zero-order valence-corrected chi connectivity index (χ0v) is 17.0. The number of anilines is 1. The summed E-state index contributed by atoms with van der Waals surface area (Å²) in [6, 6.07) is 10.7. The minimum Gasteiger partial charge on any atom is -0.486 e. The number of ether oxygens (including phenoxy) is 2. The highest BCUT2D eigenvalue weighted by molar-refractivity contribution is 9.10. The van der Waals surface area contributed by atoms with E-state index < -0.39 is 15.9 Å². The standard InChI is InChI=1S/C18H16BrN3O5S/c19-14-10-16-17(27-9-8-26-16)11-15(14)22-18(23)12-2-4-13(5-3-12)28(24,25)21-7-1-6-20/h2-5,10-11,21H,1,7-9H2,(H,22,23). The number of nitrogens with zero attached hydrogens (tertiary/aromatic N) is 1. The SMILES string of the molecule is N#CCCNS(=O)(=O)c1ccc(C(=O)Nc2cc3c(cc2Br)OCCO3)cc1. The van der Waals surface area contributed by atoms with Crippen molar-refractivity contribution in [2.75, 3.05) is 25.1 Å². The normalized spacial score (nSPS) is 12.9. The monoisotopic (exact) mass is 465 g/mol. The average Bonchev–Trinajstić information content (AvgIpc) is 2.68. The van der Waals surface area contributed by atoms with Gasteiger partial charge in [-0.2, -0.15) is 5.26 Å². The van der Waals surface area contributed by atoms with Crippen molar-refractivity contribution in [1.29, 1.82) is 5.26 Å². The number of nitriles is 1. The zero-order chi connectivity index (χ0) is 20.1. The topological polar surface area (TPSA) is 118 Å². The van der Waals surface area contributed by atoms with Crippen LogP contribution >= 0.6 is 15.9 Å². The molecule has 2 aromatic rings. The van der Waals surface area contributed by atoms with Crippen molar-refractivity contribution in [2.24, 2.45) is 0 Å². The number of halogens is 1. The second-order valence-corrected chi connectivity index (χ2v) is 8.38. The fourth-order valence-electron chi connectivity index (χ4n) is 2.46. The van der Waals surface area contributed by atoms with Crippen molar-refractivity contribution in [2.45, 2.75) is 11.3 Å². The van der Waals surface area contributed by atoms with E-state index in [0.717, 1.165) is 0 Å². The number of hydrogen-bond acceptors (Lipinski definition) is 6. The molecule has 1 aliphatic heterocycles. The Kier molecular flexibility index (Phi) is 6.18. The third-order valence-corrected chi connectivity index (χ3v) is 5.97. The second kappa shape index (κ2) is 8.60. The van der Waals surface area contributed by atoms with Gasteiger partial charge in [-0.05, 0) is 40.2 Å². The first-order valence-electron chi connectivity index (χ1n) is 8.28. The minimum absolute atomic E-state index is 0.0162. The van der Waals surface area contributed by atoms with Gasteiger partial charge in [0.25, 0.3) is 5.91 Å². The van der Waals surface area contributed by atoms with Gasteiger partial charge < -0.3 is 14.8 Å². The van der Waals surface area contributed by atoms with E-state index in [1.165, 1.54) is 24.3 Å². The highest BCUT2D eigenvalue weighted by Gasteiger charge is 2.18. The lowest BCUT2D eigenvalue weighted by Gasteiger charge is -2.20. The number of fused-ring (bicyclic) bond motifs is 1. The third kappa shape index (κ3) is 4.62. The maximum Gasteiger partial charge on any atom is 0.255 e. The van der Waals surface area contributed by atoms with Crippen LogP contribution in [-0.4, -0.2) is 34.1 Å². The van der Waals surface area contributed by atoms with Crippen LogP contribution in [0.25, 0.3) is 0 Å². The summed E-state index contributed by atoms with van der Waals surface area (Å²) >= 11 is 3.38. The van der Waals surface area contributed by atoms with Crippen LogP contribution in [0.1, 0.15) is 16.8 Å². The lowest BCUT2D eigenvalue weighted by atomic mass is 10.2. The van der Waals surface area contributed by atoms with Crippen LogP contribution in [0.5, 0.6) is 11.5 Å². The van der Waals surface area contributed by atoms with Gasteiger partial charge in [0.1, 0.15) is 13.2 Å². The Morgan fingerprint density at radius 1 is 1.14 bits per heavy atom. The Bertz CT molecular complexity index is 1030. The molecule has 0 radical (unpaired) electrons. The summed E-state index contributed by atoms with van der Waals surface area (Å²) in [5, 5.41) is 11.2. The fourth-order valence-corrected chi connectivity index (χ4v) is 3.92. The summed E-state index contributed by atoms with van der Waals surface area (Å²) < 4.78 is 38.2. The Labute approximate surface area is 170 Å². The van der Waals surface area contributed by atoms with Gasteiger partial charge in [-0.3, -0.25) is 4.79 Å². The molecule has 0 fully saturated rings. The van der Waals surface area contributed by atoms with E-state index in [1.807, 2.05) is 6.07 Å². The molecule has 0 saturated carbocycles. The third-order valence-electron chi connectivity index (χ3n) is 3.84. The number of benzene rings is 2. The molecule has 146 valence electrons. The quantitative estimate of drug-likeness (QED) is 0.633. The van der Waals surface area contributed by atoms with Gasteiger partial charge in [-0.15, -0.1) is 0 Å². The molecule has 1 heterocycles. The Balaban J connectivity index is 1.73. The number of carbonyl (C=O) groups excluding carboxylic acids is 1. The molecule has 0 saturated heterocycles. The van der Waals surface area contributed by atoms with Gasteiger partial charge in [0.15, 0.2) is 11.5 Å². The van der Waals surface area contributed by atoms with E-state index in [4.69, 9.17) is 14.7 Å². The van der Waals surface area contributed by atoms with Gasteiger partial charge in [-0.1, -0.05) is 0 Å². The molecule has 2 aromatic carbocycles. The van der Waals surface area contributed by atoms with Crippen LogP contribution in [0, 0.1) is 11.3 Å².